The van der Waals surface area contributed by atoms with Crippen LogP contribution in [0, 0.1) is 0 Å². The first-order valence-electron chi connectivity index (χ1n) is 11.4. The molecule has 1 aliphatic heterocycles. The Morgan fingerprint density at radius 2 is 1.84 bits per heavy atom. The third-order valence-corrected chi connectivity index (χ3v) is 8.15. The number of aromatic carboxylic acids is 1. The van der Waals surface area contributed by atoms with Crippen molar-refractivity contribution in [1.29, 1.82) is 0 Å². The zero-order valence-electron chi connectivity index (χ0n) is 20.1. The first kappa shape index (κ1) is 24.7. The van der Waals surface area contributed by atoms with E-state index in [0.29, 0.717) is 26.4 Å². The Bertz CT molecular complexity index is 1590. The molecule has 4 aromatic rings. The molecule has 1 unspecified atom stereocenters. The molecule has 10 heteroatoms. The lowest BCUT2D eigenvalue weighted by atomic mass is 9.95. The Hall–Kier alpha value is -4.02. The van der Waals surface area contributed by atoms with Crippen LogP contribution in [0.4, 0.5) is 5.13 Å². The number of Topliss-reactive ketones (excluding diaryl/α,β-unsaturated/α-hetero) is 1. The van der Waals surface area contributed by atoms with E-state index < -0.39 is 23.7 Å². The molecule has 0 bridgehead atoms. The number of hydrogen-bond acceptors (Lipinski definition) is 8. The maximum absolute atomic E-state index is 13.4. The Morgan fingerprint density at radius 1 is 1.08 bits per heavy atom. The zero-order valence-corrected chi connectivity index (χ0v) is 21.7. The van der Waals surface area contributed by atoms with E-state index >= 15 is 0 Å². The predicted molar refractivity (Wildman–Crippen MR) is 143 cm³/mol. The number of carboxylic acid groups (broad SMARTS) is 1. The van der Waals surface area contributed by atoms with Crippen LogP contribution in [-0.4, -0.2) is 40.0 Å². The second kappa shape index (κ2) is 9.45. The molecule has 1 aliphatic rings. The first-order chi connectivity index (χ1) is 17.7. The van der Waals surface area contributed by atoms with Crippen molar-refractivity contribution in [2.24, 2.45) is 0 Å². The second-order valence-electron chi connectivity index (χ2n) is 8.78. The number of thiazole rings is 1. The van der Waals surface area contributed by atoms with E-state index in [-0.39, 0.29) is 27.9 Å². The van der Waals surface area contributed by atoms with Crippen molar-refractivity contribution >= 4 is 61.4 Å². The van der Waals surface area contributed by atoms with Crippen LogP contribution in [0.25, 0.3) is 16.0 Å². The molecule has 0 saturated carbocycles. The molecule has 0 aliphatic carbocycles. The number of aliphatic hydroxyl groups excluding tert-OH is 1. The standard InChI is InChI=1S/C27H22N2O6S2/c1-13(2)16-11-14(7-9-18(16)35-3)23(30)21-22(19-5-4-10-36-19)29(25(32)24(21)31)27-28-17-8-6-15(26(33)34)12-20(17)37-27/h4-13,22,30H,1-3H3,(H,33,34)/b23-21+. The molecular weight excluding hydrogens is 512 g/mol. The minimum absolute atomic E-state index is 0.0298. The number of hydrogen-bond donors (Lipinski definition) is 2. The number of methoxy groups -OCH3 is 1. The van der Waals surface area contributed by atoms with Gasteiger partial charge in [0.2, 0.25) is 0 Å². The van der Waals surface area contributed by atoms with E-state index in [1.54, 1.807) is 37.4 Å². The van der Waals surface area contributed by atoms with Crippen LogP contribution in [0.2, 0.25) is 0 Å². The Morgan fingerprint density at radius 3 is 2.49 bits per heavy atom. The van der Waals surface area contributed by atoms with Gasteiger partial charge in [-0.25, -0.2) is 9.78 Å². The quantitative estimate of drug-likeness (QED) is 0.182. The topological polar surface area (TPSA) is 117 Å². The van der Waals surface area contributed by atoms with Crippen molar-refractivity contribution in [1.82, 2.24) is 4.98 Å². The number of benzene rings is 2. The van der Waals surface area contributed by atoms with Crippen LogP contribution in [0.1, 0.15) is 52.2 Å². The molecule has 1 atom stereocenters. The van der Waals surface area contributed by atoms with Gasteiger partial charge >= 0.3 is 11.9 Å². The molecule has 0 radical (unpaired) electrons. The van der Waals surface area contributed by atoms with Gasteiger partial charge in [-0.3, -0.25) is 14.5 Å². The number of nitrogens with zero attached hydrogens (tertiary/aromatic N) is 2. The molecule has 1 amide bonds. The molecule has 37 heavy (non-hydrogen) atoms. The maximum Gasteiger partial charge on any atom is 0.335 e. The lowest BCUT2D eigenvalue weighted by Gasteiger charge is -2.21. The highest BCUT2D eigenvalue weighted by molar-refractivity contribution is 7.22. The molecule has 1 fully saturated rings. The number of aromatic nitrogens is 1. The summed E-state index contributed by atoms with van der Waals surface area (Å²) in [5.74, 6) is -2.22. The number of carboxylic acids is 1. The van der Waals surface area contributed by atoms with Crippen LogP contribution >= 0.6 is 22.7 Å². The van der Waals surface area contributed by atoms with Gasteiger partial charge in [-0.15, -0.1) is 11.3 Å². The van der Waals surface area contributed by atoms with E-state index in [1.165, 1.54) is 28.4 Å². The van der Waals surface area contributed by atoms with Gasteiger partial charge in [0, 0.05) is 10.4 Å². The van der Waals surface area contributed by atoms with Crippen molar-refractivity contribution in [3.05, 3.63) is 81.1 Å². The molecule has 0 spiro atoms. The highest BCUT2D eigenvalue weighted by Gasteiger charge is 2.48. The summed E-state index contributed by atoms with van der Waals surface area (Å²) in [7, 11) is 1.57. The number of aliphatic hydroxyl groups is 1. The average molecular weight is 535 g/mol. The summed E-state index contributed by atoms with van der Waals surface area (Å²) in [5.41, 5.74) is 1.83. The highest BCUT2D eigenvalue weighted by atomic mass is 32.1. The number of carbonyl (C=O) groups excluding carboxylic acids is 2. The fourth-order valence-electron chi connectivity index (χ4n) is 4.38. The monoisotopic (exact) mass is 534 g/mol. The van der Waals surface area contributed by atoms with Crippen molar-refractivity contribution in [2.45, 2.75) is 25.8 Å². The number of anilines is 1. The molecular formula is C27H22N2O6S2. The Labute approximate surface area is 220 Å². The summed E-state index contributed by atoms with van der Waals surface area (Å²) in [5, 5.41) is 22.8. The fraction of sp³-hybridized carbons (Fsp3) is 0.185. The number of amides is 1. The van der Waals surface area contributed by atoms with Crippen molar-refractivity contribution in [3.63, 3.8) is 0 Å². The van der Waals surface area contributed by atoms with Gasteiger partial charge in [-0.2, -0.15) is 0 Å². The number of ketones is 1. The minimum atomic E-state index is -1.07. The third kappa shape index (κ3) is 4.17. The van der Waals surface area contributed by atoms with Gasteiger partial charge in [0.25, 0.3) is 5.78 Å². The number of fused-ring (bicyclic) bond motifs is 1. The van der Waals surface area contributed by atoms with E-state index in [4.69, 9.17) is 4.74 Å². The second-order valence-corrected chi connectivity index (χ2v) is 10.8. The Balaban J connectivity index is 1.68. The molecule has 8 nitrogen and oxygen atoms in total. The van der Waals surface area contributed by atoms with Gasteiger partial charge in [-0.1, -0.05) is 31.3 Å². The highest BCUT2D eigenvalue weighted by Crippen LogP contribution is 2.46. The summed E-state index contributed by atoms with van der Waals surface area (Å²) in [6, 6.07) is 12.4. The smallest absolute Gasteiger partial charge is 0.335 e. The van der Waals surface area contributed by atoms with Gasteiger partial charge in [0.15, 0.2) is 5.13 Å². The van der Waals surface area contributed by atoms with Gasteiger partial charge in [0.1, 0.15) is 17.6 Å². The summed E-state index contributed by atoms with van der Waals surface area (Å²) in [6.07, 6.45) is 0. The number of thiophene rings is 1. The lowest BCUT2D eigenvalue weighted by Crippen LogP contribution is -2.28. The number of rotatable bonds is 6. The molecule has 2 N–H and O–H groups in total. The van der Waals surface area contributed by atoms with E-state index in [1.807, 2.05) is 25.3 Å². The van der Waals surface area contributed by atoms with Gasteiger partial charge in [-0.05, 0) is 59.3 Å². The largest absolute Gasteiger partial charge is 0.507 e. The predicted octanol–water partition coefficient (Wildman–Crippen LogP) is 5.81. The van der Waals surface area contributed by atoms with Crippen LogP contribution in [-0.2, 0) is 9.59 Å². The molecule has 3 heterocycles. The van der Waals surface area contributed by atoms with E-state index in [0.717, 1.165) is 16.9 Å². The number of ether oxygens (including phenoxy) is 1. The van der Waals surface area contributed by atoms with Crippen LogP contribution in [0.5, 0.6) is 5.75 Å². The van der Waals surface area contributed by atoms with Crippen molar-refractivity contribution < 1.29 is 29.3 Å². The zero-order chi connectivity index (χ0) is 26.4. The summed E-state index contributed by atoms with van der Waals surface area (Å²) >= 11 is 2.47. The first-order valence-corrected chi connectivity index (χ1v) is 13.1. The van der Waals surface area contributed by atoms with Gasteiger partial charge in [0.05, 0.1) is 28.5 Å². The number of carbonyl (C=O) groups is 3. The fourth-order valence-corrected chi connectivity index (χ4v) is 6.24. The molecule has 2 aromatic heterocycles. The third-order valence-electron chi connectivity index (χ3n) is 6.21. The normalized spacial score (nSPS) is 17.2. The van der Waals surface area contributed by atoms with Crippen molar-refractivity contribution in [3.8, 4) is 5.75 Å². The molecule has 1 saturated heterocycles. The lowest BCUT2D eigenvalue weighted by molar-refractivity contribution is -0.132. The average Bonchev–Trinajstić information content (AvgIpc) is 3.61. The molecule has 5 rings (SSSR count). The summed E-state index contributed by atoms with van der Waals surface area (Å²) in [6.45, 7) is 3.99. The van der Waals surface area contributed by atoms with E-state index in [2.05, 4.69) is 4.98 Å². The molecule has 188 valence electrons. The van der Waals surface area contributed by atoms with Crippen molar-refractivity contribution in [2.75, 3.05) is 12.0 Å². The van der Waals surface area contributed by atoms with Crippen LogP contribution in [0.15, 0.2) is 59.5 Å². The SMILES string of the molecule is COc1ccc(/C(O)=C2\C(=O)C(=O)N(c3nc4ccc(C(=O)O)cc4s3)C2c2cccs2)cc1C(C)C. The minimum Gasteiger partial charge on any atom is -0.507 e. The van der Waals surface area contributed by atoms with Crippen LogP contribution < -0.4 is 9.64 Å². The summed E-state index contributed by atoms with van der Waals surface area (Å²) < 4.78 is 6.01. The van der Waals surface area contributed by atoms with E-state index in [9.17, 15) is 24.6 Å². The summed E-state index contributed by atoms with van der Waals surface area (Å²) in [4.78, 5) is 44.7. The molecule has 2 aromatic carbocycles. The maximum atomic E-state index is 13.4. The van der Waals surface area contributed by atoms with Crippen LogP contribution in [0.3, 0.4) is 0 Å². The van der Waals surface area contributed by atoms with Gasteiger partial charge < -0.3 is 14.9 Å². The Kier molecular flexibility index (Phi) is 6.30.